The smallest absolute Gasteiger partial charge is 0.226 e. The minimum Gasteiger partial charge on any atom is -0.493 e. The molecule has 0 fully saturated rings. The van der Waals surface area contributed by atoms with E-state index in [1.807, 2.05) is 13.8 Å². The summed E-state index contributed by atoms with van der Waals surface area (Å²) < 4.78 is 28.5. The normalized spacial score (nSPS) is 13.5. The molecule has 2 unspecified atom stereocenters. The molecule has 0 saturated carbocycles. The van der Waals surface area contributed by atoms with E-state index in [0.29, 0.717) is 25.3 Å². The second-order valence-corrected chi connectivity index (χ2v) is 7.87. The lowest BCUT2D eigenvalue weighted by molar-refractivity contribution is -0.134. The Balaban J connectivity index is 0.00000529. The lowest BCUT2D eigenvalue weighted by atomic mass is 10.0. The number of nitrogens with zero attached hydrogens (tertiary/aromatic N) is 1. The van der Waals surface area contributed by atoms with Crippen molar-refractivity contribution in [3.8, 4) is 5.75 Å². The van der Waals surface area contributed by atoms with Crippen molar-refractivity contribution in [2.75, 3.05) is 26.5 Å². The highest BCUT2D eigenvalue weighted by Gasteiger charge is 2.20. The van der Waals surface area contributed by atoms with E-state index in [-0.39, 0.29) is 35.2 Å². The number of halogens is 1. The van der Waals surface area contributed by atoms with E-state index in [9.17, 15) is 13.2 Å². The van der Waals surface area contributed by atoms with E-state index in [1.165, 1.54) is 12.1 Å². The van der Waals surface area contributed by atoms with Crippen LogP contribution in [0.15, 0.2) is 29.2 Å². The van der Waals surface area contributed by atoms with E-state index >= 15 is 0 Å². The first-order valence-electron chi connectivity index (χ1n) is 7.56. The fourth-order valence-corrected chi connectivity index (χ4v) is 2.63. The van der Waals surface area contributed by atoms with Gasteiger partial charge in [0.2, 0.25) is 5.91 Å². The van der Waals surface area contributed by atoms with Gasteiger partial charge in [0.05, 0.1) is 17.4 Å². The Labute approximate surface area is 150 Å². The number of hydrogen-bond donors (Lipinski definition) is 1. The number of carbonyl (C=O) groups excluding carboxylic acids is 1. The highest BCUT2D eigenvalue weighted by molar-refractivity contribution is 7.90. The molecule has 0 bridgehead atoms. The third-order valence-corrected chi connectivity index (χ3v) is 4.80. The van der Waals surface area contributed by atoms with Crippen LogP contribution >= 0.6 is 12.4 Å². The number of benzene rings is 1. The summed E-state index contributed by atoms with van der Waals surface area (Å²) in [6, 6.07) is 6.21. The molecule has 8 heteroatoms. The van der Waals surface area contributed by atoms with Crippen molar-refractivity contribution in [1.82, 2.24) is 4.90 Å². The molecule has 0 heterocycles. The van der Waals surface area contributed by atoms with Gasteiger partial charge in [-0.25, -0.2) is 8.42 Å². The Morgan fingerprint density at radius 2 is 1.96 bits per heavy atom. The van der Waals surface area contributed by atoms with Crippen molar-refractivity contribution in [2.24, 2.45) is 11.7 Å². The molecule has 0 saturated heterocycles. The van der Waals surface area contributed by atoms with Gasteiger partial charge in [-0.2, -0.15) is 0 Å². The van der Waals surface area contributed by atoms with Crippen LogP contribution in [0, 0.1) is 5.92 Å². The molecule has 0 aliphatic carbocycles. The first kappa shape index (κ1) is 22.7. The highest BCUT2D eigenvalue weighted by atomic mass is 35.5. The lowest BCUT2D eigenvalue weighted by Crippen LogP contribution is -2.40. The molecule has 0 aliphatic rings. The van der Waals surface area contributed by atoms with Crippen molar-refractivity contribution >= 4 is 28.2 Å². The largest absolute Gasteiger partial charge is 0.493 e. The van der Waals surface area contributed by atoms with Crippen LogP contribution in [0.3, 0.4) is 0 Å². The van der Waals surface area contributed by atoms with Crippen LogP contribution < -0.4 is 10.5 Å². The second-order valence-electron chi connectivity index (χ2n) is 5.86. The summed E-state index contributed by atoms with van der Waals surface area (Å²) in [5.74, 6) is 0.303. The van der Waals surface area contributed by atoms with Crippen molar-refractivity contribution in [3.05, 3.63) is 24.3 Å². The fraction of sp³-hybridized carbons (Fsp3) is 0.562. The van der Waals surface area contributed by atoms with Gasteiger partial charge in [-0.1, -0.05) is 13.0 Å². The van der Waals surface area contributed by atoms with Crippen LogP contribution in [0.4, 0.5) is 0 Å². The van der Waals surface area contributed by atoms with Gasteiger partial charge < -0.3 is 15.4 Å². The van der Waals surface area contributed by atoms with Gasteiger partial charge in [-0.05, 0) is 31.5 Å². The van der Waals surface area contributed by atoms with Crippen LogP contribution in [-0.4, -0.2) is 51.7 Å². The van der Waals surface area contributed by atoms with Crippen LogP contribution in [0.1, 0.15) is 20.3 Å². The molecule has 0 aromatic heterocycles. The number of amides is 1. The quantitative estimate of drug-likeness (QED) is 0.695. The minimum absolute atomic E-state index is 0. The predicted molar refractivity (Wildman–Crippen MR) is 97.4 cm³/mol. The molecular weight excluding hydrogens is 352 g/mol. The average molecular weight is 379 g/mol. The number of hydrogen-bond acceptors (Lipinski definition) is 5. The molecule has 1 amide bonds. The molecule has 2 N–H and O–H groups in total. The summed E-state index contributed by atoms with van der Waals surface area (Å²) >= 11 is 0. The Hall–Kier alpha value is -1.31. The third-order valence-electron chi connectivity index (χ3n) is 3.69. The monoisotopic (exact) mass is 378 g/mol. The Morgan fingerprint density at radius 3 is 2.50 bits per heavy atom. The number of rotatable bonds is 8. The Bertz CT molecular complexity index is 635. The first-order valence-corrected chi connectivity index (χ1v) is 9.45. The topological polar surface area (TPSA) is 89.7 Å². The molecule has 1 aromatic rings. The number of nitrogens with two attached hydrogens (primary N) is 1. The maximum Gasteiger partial charge on any atom is 0.226 e. The van der Waals surface area contributed by atoms with Gasteiger partial charge in [0.15, 0.2) is 9.84 Å². The zero-order chi connectivity index (χ0) is 17.6. The van der Waals surface area contributed by atoms with Gasteiger partial charge in [0, 0.05) is 25.9 Å². The van der Waals surface area contributed by atoms with Crippen molar-refractivity contribution in [2.45, 2.75) is 31.2 Å². The van der Waals surface area contributed by atoms with E-state index in [1.54, 1.807) is 24.1 Å². The zero-order valence-electron chi connectivity index (χ0n) is 14.6. The summed E-state index contributed by atoms with van der Waals surface area (Å²) in [6.07, 6.45) is 1.81. The van der Waals surface area contributed by atoms with E-state index in [0.717, 1.165) is 6.26 Å². The maximum atomic E-state index is 12.0. The van der Waals surface area contributed by atoms with Crippen molar-refractivity contribution in [3.63, 3.8) is 0 Å². The van der Waals surface area contributed by atoms with Crippen LogP contribution in [-0.2, 0) is 14.6 Å². The number of sulfone groups is 1. The first-order chi connectivity index (χ1) is 10.6. The van der Waals surface area contributed by atoms with E-state index in [2.05, 4.69) is 0 Å². The highest BCUT2D eigenvalue weighted by Crippen LogP contribution is 2.17. The van der Waals surface area contributed by atoms with Crippen LogP contribution in [0.25, 0.3) is 0 Å². The van der Waals surface area contributed by atoms with Gasteiger partial charge >= 0.3 is 0 Å². The molecule has 0 spiro atoms. The number of ether oxygens (including phenoxy) is 1. The molecule has 2 atom stereocenters. The van der Waals surface area contributed by atoms with Gasteiger partial charge in [0.25, 0.3) is 0 Å². The standard InChI is InChI=1S/C16H26N2O4S.ClH/c1-12(13(2)17)16(19)18(3)9-6-10-22-14-7-5-8-15(11-14)23(4,20)21;/h5,7-8,11-13H,6,9-10,17H2,1-4H3;1H. The van der Waals surface area contributed by atoms with Gasteiger partial charge in [0.1, 0.15) is 5.75 Å². The van der Waals surface area contributed by atoms with Crippen LogP contribution in [0.5, 0.6) is 5.75 Å². The molecule has 138 valence electrons. The minimum atomic E-state index is -3.24. The zero-order valence-corrected chi connectivity index (χ0v) is 16.2. The molecule has 0 radical (unpaired) electrons. The summed E-state index contributed by atoms with van der Waals surface area (Å²) in [4.78, 5) is 13.9. The summed E-state index contributed by atoms with van der Waals surface area (Å²) in [5.41, 5.74) is 5.73. The SMILES string of the molecule is CC(N)C(C)C(=O)N(C)CCCOc1cccc(S(C)(=O)=O)c1.Cl. The summed E-state index contributed by atoms with van der Waals surface area (Å²) in [5, 5.41) is 0. The van der Waals surface area contributed by atoms with Crippen molar-refractivity contribution < 1.29 is 17.9 Å². The average Bonchev–Trinajstić information content (AvgIpc) is 2.49. The van der Waals surface area contributed by atoms with Gasteiger partial charge in [-0.15, -0.1) is 12.4 Å². The summed E-state index contributed by atoms with van der Waals surface area (Å²) in [7, 11) is -1.50. The van der Waals surface area contributed by atoms with E-state index in [4.69, 9.17) is 10.5 Å². The third kappa shape index (κ3) is 7.07. The molecular formula is C16H27ClN2O4S. The number of carbonyl (C=O) groups is 1. The molecule has 1 aromatic carbocycles. The van der Waals surface area contributed by atoms with E-state index < -0.39 is 9.84 Å². The Morgan fingerprint density at radius 1 is 1.33 bits per heavy atom. The van der Waals surface area contributed by atoms with Crippen LogP contribution in [0.2, 0.25) is 0 Å². The molecule has 0 aliphatic heterocycles. The molecule has 1 rings (SSSR count). The predicted octanol–water partition coefficient (Wildman–Crippen LogP) is 1.72. The lowest BCUT2D eigenvalue weighted by Gasteiger charge is -2.23. The molecule has 24 heavy (non-hydrogen) atoms. The summed E-state index contributed by atoms with van der Waals surface area (Å²) in [6.45, 7) is 4.59. The molecule has 6 nitrogen and oxygen atoms in total. The maximum absolute atomic E-state index is 12.0. The second kappa shape index (κ2) is 9.86. The Kier molecular flexibility index (Phi) is 9.32. The van der Waals surface area contributed by atoms with Gasteiger partial charge in [-0.3, -0.25) is 4.79 Å². The fourth-order valence-electron chi connectivity index (χ4n) is 1.97. The van der Waals surface area contributed by atoms with Crippen molar-refractivity contribution in [1.29, 1.82) is 0 Å².